The van der Waals surface area contributed by atoms with E-state index in [9.17, 15) is 43.7 Å². The van der Waals surface area contributed by atoms with Crippen LogP contribution in [0.25, 0.3) is 0 Å². The molecule has 5 N–H and O–H groups in total. The normalized spacial score (nSPS) is 18.9. The lowest BCUT2D eigenvalue weighted by molar-refractivity contribution is -0.272. The minimum Gasteiger partial charge on any atom is -0.481 e. The van der Waals surface area contributed by atoms with Gasteiger partial charge in [0.15, 0.2) is 12.4 Å². The summed E-state index contributed by atoms with van der Waals surface area (Å²) in [6, 6.07) is -1.89. The van der Waals surface area contributed by atoms with Crippen molar-refractivity contribution < 1.29 is 76.0 Å². The number of aliphatic hydroxyl groups is 1. The minimum absolute atomic E-state index is 0.0276. The van der Waals surface area contributed by atoms with E-state index in [1.807, 2.05) is 0 Å². The number of carboxylic acids is 1. The molecular weight excluding hydrogens is 932 g/mol. The molecule has 18 heteroatoms. The number of hydrogen-bond acceptors (Lipinski definition) is 11. The van der Waals surface area contributed by atoms with Gasteiger partial charge in [-0.1, -0.05) is 194 Å². The molecule has 0 aromatic rings. The smallest absolute Gasteiger partial charge is 0.470 e. The van der Waals surface area contributed by atoms with E-state index in [1.165, 1.54) is 64.2 Å². The second kappa shape index (κ2) is 41.1. The number of carbonyl (C=O) groups excluding carboxylic acids is 3. The molecule has 1 amide bonds. The van der Waals surface area contributed by atoms with Crippen LogP contribution in [0.4, 0.5) is 8.78 Å². The molecule has 1 heterocycles. The molecule has 0 aromatic heterocycles. The highest BCUT2D eigenvalue weighted by Gasteiger charge is 2.54. The van der Waals surface area contributed by atoms with Gasteiger partial charge in [0.25, 0.3) is 5.91 Å². The lowest BCUT2D eigenvalue weighted by atomic mass is 9.95. The molecular formula is C52H96F2NO14P. The summed E-state index contributed by atoms with van der Waals surface area (Å²) in [5.74, 6) is -8.46. The van der Waals surface area contributed by atoms with Gasteiger partial charge in [-0.3, -0.25) is 23.7 Å². The van der Waals surface area contributed by atoms with Crippen LogP contribution in [-0.2, 0) is 47.2 Å². The molecule has 1 saturated heterocycles. The lowest BCUT2D eigenvalue weighted by Crippen LogP contribution is -2.67. The van der Waals surface area contributed by atoms with Gasteiger partial charge in [0.1, 0.15) is 24.4 Å². The van der Waals surface area contributed by atoms with Crippen LogP contribution < -0.4 is 5.32 Å². The Labute approximate surface area is 419 Å². The number of halogens is 2. The molecule has 1 aliphatic heterocycles. The second-order valence-electron chi connectivity index (χ2n) is 19.5. The first-order valence-electron chi connectivity index (χ1n) is 27.5. The highest BCUT2D eigenvalue weighted by atomic mass is 31.2. The number of nitrogens with one attached hydrogen (secondary N) is 1. The van der Waals surface area contributed by atoms with Gasteiger partial charge in [-0.15, -0.1) is 0 Å². The SMILES string of the molecule is CCCCCCCCCCCCCC(=O)O[C@H](CCCCCCCCCCC)CC(=O)O[C@@H]1[C@@H](NC(=O)C(F)(F)CCCCCCCCCCCC)[C@H](OCCCC(=O)O)O[C@H](CO)[C@H]1OP(=O)(O)O. The van der Waals surface area contributed by atoms with Crippen LogP contribution in [0.3, 0.4) is 0 Å². The van der Waals surface area contributed by atoms with Crippen LogP contribution in [0.5, 0.6) is 0 Å². The van der Waals surface area contributed by atoms with Gasteiger partial charge in [-0.25, -0.2) is 4.57 Å². The summed E-state index contributed by atoms with van der Waals surface area (Å²) in [4.78, 5) is 71.8. The Bertz CT molecular complexity index is 1410. The molecule has 0 radical (unpaired) electrons. The number of unbranched alkanes of at least 4 members (excludes halogenated alkanes) is 27. The van der Waals surface area contributed by atoms with Crippen molar-refractivity contribution in [1.82, 2.24) is 5.32 Å². The van der Waals surface area contributed by atoms with Gasteiger partial charge >= 0.3 is 31.7 Å². The predicted octanol–water partition coefficient (Wildman–Crippen LogP) is 12.3. The maximum absolute atomic E-state index is 15.6. The third-order valence-corrected chi connectivity index (χ3v) is 13.5. The number of alkyl halides is 2. The molecule has 412 valence electrons. The number of rotatable bonds is 47. The first-order chi connectivity index (χ1) is 33.6. The van der Waals surface area contributed by atoms with Crippen molar-refractivity contribution in [3.05, 3.63) is 0 Å². The summed E-state index contributed by atoms with van der Waals surface area (Å²) in [6.45, 7) is 5.17. The Hall–Kier alpha value is -2.27. The van der Waals surface area contributed by atoms with E-state index in [4.69, 9.17) is 23.5 Å². The minimum atomic E-state index is -5.48. The van der Waals surface area contributed by atoms with Crippen LogP contribution in [0.2, 0.25) is 0 Å². The highest BCUT2D eigenvalue weighted by molar-refractivity contribution is 7.46. The number of amides is 1. The van der Waals surface area contributed by atoms with E-state index in [-0.39, 0.29) is 32.3 Å². The molecule has 15 nitrogen and oxygen atoms in total. The zero-order valence-electron chi connectivity index (χ0n) is 43.4. The van der Waals surface area contributed by atoms with E-state index in [0.717, 1.165) is 96.3 Å². The van der Waals surface area contributed by atoms with Crippen molar-refractivity contribution in [2.45, 2.75) is 295 Å². The number of esters is 2. The number of hydrogen-bond donors (Lipinski definition) is 5. The summed E-state index contributed by atoms with van der Waals surface area (Å²) in [7, 11) is -5.48. The average Bonchev–Trinajstić information content (AvgIpc) is 3.30. The molecule has 0 aromatic carbocycles. The monoisotopic (exact) mass is 1030 g/mol. The third-order valence-electron chi connectivity index (χ3n) is 13.0. The number of carbonyl (C=O) groups is 4. The first-order valence-corrected chi connectivity index (χ1v) is 29.0. The van der Waals surface area contributed by atoms with E-state index in [2.05, 4.69) is 26.1 Å². The summed E-state index contributed by atoms with van der Waals surface area (Å²) >= 11 is 0. The van der Waals surface area contributed by atoms with Crippen molar-refractivity contribution >= 4 is 31.6 Å². The average molecular weight is 1030 g/mol. The number of ether oxygens (including phenoxy) is 4. The standard InChI is InChI=1S/C52H96F2NO14P/c1-4-7-10-13-16-19-21-23-26-29-32-37-45(59)66-42(35-31-28-25-22-18-15-12-9-6-3)40-46(60)68-49-47(55-51(61)52(53,54)38-33-30-27-24-20-17-14-11-8-5-2)50(65-39-34-36-44(57)58)67-43(41-56)48(49)69-70(62,63)64/h42-43,47-50,56H,4-41H2,1-3H3,(H,55,61)(H,57,58)(H2,62,63,64)/t42-,43-,47-,48-,49-,50-/m1/s1. The fourth-order valence-electron chi connectivity index (χ4n) is 8.85. The summed E-state index contributed by atoms with van der Waals surface area (Å²) in [5.41, 5.74) is 0. The Morgan fingerprint density at radius 1 is 0.629 bits per heavy atom. The molecule has 0 aliphatic carbocycles. The van der Waals surface area contributed by atoms with E-state index in [1.54, 1.807) is 0 Å². The van der Waals surface area contributed by atoms with Crippen LogP contribution in [0.1, 0.15) is 252 Å². The molecule has 1 fully saturated rings. The maximum atomic E-state index is 15.6. The fourth-order valence-corrected chi connectivity index (χ4v) is 9.42. The number of aliphatic hydroxyl groups excluding tert-OH is 1. The molecule has 70 heavy (non-hydrogen) atoms. The number of phosphoric acid groups is 1. The summed E-state index contributed by atoms with van der Waals surface area (Å²) < 4.78 is 71.7. The largest absolute Gasteiger partial charge is 0.481 e. The topological polar surface area (TPSA) is 224 Å². The fraction of sp³-hybridized carbons (Fsp3) is 0.923. The van der Waals surface area contributed by atoms with Crippen molar-refractivity contribution in [3.63, 3.8) is 0 Å². The van der Waals surface area contributed by atoms with Crippen molar-refractivity contribution in [2.75, 3.05) is 13.2 Å². The maximum Gasteiger partial charge on any atom is 0.470 e. The van der Waals surface area contributed by atoms with Gasteiger partial charge in [-0.2, -0.15) is 8.78 Å². The number of carboxylic acid groups (broad SMARTS) is 1. The van der Waals surface area contributed by atoms with Crippen LogP contribution >= 0.6 is 7.82 Å². The van der Waals surface area contributed by atoms with Gasteiger partial charge in [-0.05, 0) is 32.1 Å². The number of phosphoric ester groups is 1. The van der Waals surface area contributed by atoms with Gasteiger partial charge in [0, 0.05) is 19.3 Å². The molecule has 0 spiro atoms. The molecule has 0 bridgehead atoms. The van der Waals surface area contributed by atoms with Crippen LogP contribution in [-0.4, -0.2) is 99.7 Å². The van der Waals surface area contributed by atoms with Crippen molar-refractivity contribution in [1.29, 1.82) is 0 Å². The molecule has 6 atom stereocenters. The summed E-state index contributed by atoms with van der Waals surface area (Å²) in [6.07, 6.45) is 20.3. The molecule has 0 unspecified atom stereocenters. The summed E-state index contributed by atoms with van der Waals surface area (Å²) in [5, 5.41) is 21.6. The Kier molecular flexibility index (Phi) is 38.6. The van der Waals surface area contributed by atoms with Gasteiger partial charge in [0.05, 0.1) is 19.6 Å². The van der Waals surface area contributed by atoms with Crippen LogP contribution in [0.15, 0.2) is 0 Å². The second-order valence-corrected chi connectivity index (χ2v) is 20.7. The zero-order valence-corrected chi connectivity index (χ0v) is 44.3. The quantitative estimate of drug-likeness (QED) is 0.0217. The van der Waals surface area contributed by atoms with Gasteiger partial charge < -0.3 is 44.3 Å². The third kappa shape index (κ3) is 33.5. The van der Waals surface area contributed by atoms with E-state index in [0.29, 0.717) is 32.1 Å². The van der Waals surface area contributed by atoms with Crippen molar-refractivity contribution in [3.8, 4) is 0 Å². The molecule has 0 saturated carbocycles. The van der Waals surface area contributed by atoms with E-state index >= 15 is 8.78 Å². The number of aliphatic carboxylic acids is 1. The van der Waals surface area contributed by atoms with E-state index < -0.39 is 93.8 Å². The van der Waals surface area contributed by atoms with Gasteiger partial charge in [0.2, 0.25) is 0 Å². The Morgan fingerprint density at radius 3 is 1.54 bits per heavy atom. The van der Waals surface area contributed by atoms with Crippen LogP contribution in [0, 0.1) is 0 Å². The lowest BCUT2D eigenvalue weighted by Gasteiger charge is -2.45. The van der Waals surface area contributed by atoms with Crippen molar-refractivity contribution in [2.24, 2.45) is 0 Å². The zero-order chi connectivity index (χ0) is 51.9. The Morgan fingerprint density at radius 2 is 1.09 bits per heavy atom. The predicted molar refractivity (Wildman–Crippen MR) is 266 cm³/mol. The first kappa shape index (κ1) is 65.7. The highest BCUT2D eigenvalue weighted by Crippen LogP contribution is 2.42. The molecule has 1 aliphatic rings. The molecule has 1 rings (SSSR count). The Balaban J connectivity index is 3.25.